The lowest BCUT2D eigenvalue weighted by atomic mass is 9.96. The maximum Gasteiger partial charge on any atom is 0.221 e. The third-order valence-corrected chi connectivity index (χ3v) is 8.68. The van der Waals surface area contributed by atoms with E-state index >= 15 is 0 Å². The van der Waals surface area contributed by atoms with Crippen LogP contribution in [0.4, 0.5) is 0 Å². The van der Waals surface area contributed by atoms with Crippen molar-refractivity contribution in [1.29, 1.82) is 0 Å². The highest BCUT2D eigenvalue weighted by atomic mass is 32.2. The highest BCUT2D eigenvalue weighted by molar-refractivity contribution is 7.92. The van der Waals surface area contributed by atoms with E-state index in [0.717, 1.165) is 38.5 Å². The van der Waals surface area contributed by atoms with Gasteiger partial charge in [-0.3, -0.25) is 4.79 Å². The SMILES string of the molecule is O=C(CCS(=O)(=O)C1CCCC1)N[C@@H](c1cccs1)C1CCCC1. The molecule has 134 valence electrons. The molecular weight excluding hydrogens is 342 g/mol. The van der Waals surface area contributed by atoms with Gasteiger partial charge in [0.1, 0.15) is 0 Å². The Labute approximate surface area is 149 Å². The summed E-state index contributed by atoms with van der Waals surface area (Å²) >= 11 is 1.67. The molecular formula is C18H27NO3S2. The van der Waals surface area contributed by atoms with Gasteiger partial charge in [0, 0.05) is 11.3 Å². The molecule has 0 spiro atoms. The molecule has 1 aromatic heterocycles. The van der Waals surface area contributed by atoms with Crippen LogP contribution in [0.25, 0.3) is 0 Å². The molecule has 0 saturated heterocycles. The second-order valence-corrected chi connectivity index (χ2v) is 10.5. The Morgan fingerprint density at radius 1 is 1.17 bits per heavy atom. The monoisotopic (exact) mass is 369 g/mol. The van der Waals surface area contributed by atoms with Gasteiger partial charge in [0.25, 0.3) is 0 Å². The van der Waals surface area contributed by atoms with Gasteiger partial charge in [0.15, 0.2) is 9.84 Å². The molecule has 2 aliphatic rings. The van der Waals surface area contributed by atoms with Crippen molar-refractivity contribution in [3.05, 3.63) is 22.4 Å². The van der Waals surface area contributed by atoms with Gasteiger partial charge < -0.3 is 5.32 Å². The van der Waals surface area contributed by atoms with Crippen LogP contribution in [0.3, 0.4) is 0 Å². The summed E-state index contributed by atoms with van der Waals surface area (Å²) in [6.45, 7) is 0. The summed E-state index contributed by atoms with van der Waals surface area (Å²) in [4.78, 5) is 13.6. The van der Waals surface area contributed by atoms with Crippen molar-refractivity contribution in [3.8, 4) is 0 Å². The zero-order chi connectivity index (χ0) is 17.0. The molecule has 0 radical (unpaired) electrons. The summed E-state index contributed by atoms with van der Waals surface area (Å²) in [5.41, 5.74) is 0. The van der Waals surface area contributed by atoms with Crippen molar-refractivity contribution >= 4 is 27.1 Å². The first kappa shape index (κ1) is 17.9. The van der Waals surface area contributed by atoms with Crippen molar-refractivity contribution < 1.29 is 13.2 Å². The van der Waals surface area contributed by atoms with Crippen LogP contribution in [-0.4, -0.2) is 25.3 Å². The maximum absolute atomic E-state index is 12.4. The molecule has 2 fully saturated rings. The van der Waals surface area contributed by atoms with Gasteiger partial charge in [-0.2, -0.15) is 0 Å². The number of carbonyl (C=O) groups excluding carboxylic acids is 1. The zero-order valence-corrected chi connectivity index (χ0v) is 15.7. The number of hydrogen-bond donors (Lipinski definition) is 1. The average molecular weight is 370 g/mol. The zero-order valence-electron chi connectivity index (χ0n) is 14.1. The summed E-state index contributed by atoms with van der Waals surface area (Å²) in [5, 5.41) is 4.95. The van der Waals surface area contributed by atoms with Gasteiger partial charge in [-0.05, 0) is 43.0 Å². The van der Waals surface area contributed by atoms with E-state index in [1.165, 1.54) is 17.7 Å². The number of sulfone groups is 1. The van der Waals surface area contributed by atoms with Crippen LogP contribution in [0.15, 0.2) is 17.5 Å². The fraction of sp³-hybridized carbons (Fsp3) is 0.722. The fourth-order valence-corrected chi connectivity index (χ4v) is 6.80. The van der Waals surface area contributed by atoms with E-state index in [9.17, 15) is 13.2 Å². The molecule has 1 amide bonds. The number of hydrogen-bond acceptors (Lipinski definition) is 4. The van der Waals surface area contributed by atoms with Gasteiger partial charge in [-0.1, -0.05) is 31.7 Å². The Hall–Kier alpha value is -0.880. The smallest absolute Gasteiger partial charge is 0.221 e. The Balaban J connectivity index is 1.57. The summed E-state index contributed by atoms with van der Waals surface area (Å²) in [5.74, 6) is 0.353. The van der Waals surface area contributed by atoms with E-state index in [1.54, 1.807) is 11.3 Å². The van der Waals surface area contributed by atoms with Crippen LogP contribution < -0.4 is 5.32 Å². The molecule has 1 N–H and O–H groups in total. The molecule has 0 unspecified atom stereocenters. The molecule has 0 aromatic carbocycles. The molecule has 2 aliphatic carbocycles. The number of amides is 1. The topological polar surface area (TPSA) is 63.2 Å². The van der Waals surface area contributed by atoms with Crippen molar-refractivity contribution in [2.75, 3.05) is 5.75 Å². The predicted molar refractivity (Wildman–Crippen MR) is 97.8 cm³/mol. The third kappa shape index (κ3) is 4.39. The molecule has 1 aromatic rings. The van der Waals surface area contributed by atoms with Gasteiger partial charge >= 0.3 is 0 Å². The molecule has 1 heterocycles. The first-order valence-corrected chi connectivity index (χ1v) is 11.7. The van der Waals surface area contributed by atoms with E-state index in [-0.39, 0.29) is 29.4 Å². The number of carbonyl (C=O) groups is 1. The first-order chi connectivity index (χ1) is 11.6. The molecule has 2 saturated carbocycles. The van der Waals surface area contributed by atoms with Gasteiger partial charge in [-0.15, -0.1) is 11.3 Å². The number of rotatable bonds is 7. The molecule has 0 aliphatic heterocycles. The van der Waals surface area contributed by atoms with Crippen molar-refractivity contribution in [2.24, 2.45) is 5.92 Å². The Morgan fingerprint density at radius 2 is 1.83 bits per heavy atom. The Kier molecular flexibility index (Phi) is 5.98. The van der Waals surface area contributed by atoms with Gasteiger partial charge in [-0.25, -0.2) is 8.42 Å². The van der Waals surface area contributed by atoms with Crippen LogP contribution in [0.5, 0.6) is 0 Å². The van der Waals surface area contributed by atoms with Crippen LogP contribution in [0.1, 0.15) is 68.7 Å². The fourth-order valence-electron chi connectivity index (χ4n) is 4.07. The lowest BCUT2D eigenvalue weighted by Crippen LogP contribution is -2.34. The van der Waals surface area contributed by atoms with Crippen LogP contribution in [-0.2, 0) is 14.6 Å². The minimum atomic E-state index is -3.12. The van der Waals surface area contributed by atoms with E-state index in [4.69, 9.17) is 0 Å². The maximum atomic E-state index is 12.4. The normalized spacial score (nSPS) is 21.2. The predicted octanol–water partition coefficient (Wildman–Crippen LogP) is 3.84. The van der Waals surface area contributed by atoms with E-state index < -0.39 is 9.84 Å². The highest BCUT2D eigenvalue weighted by Gasteiger charge is 2.31. The molecule has 4 nitrogen and oxygen atoms in total. The summed E-state index contributed by atoms with van der Waals surface area (Å²) in [7, 11) is -3.12. The average Bonchev–Trinajstić information content (AvgIpc) is 3.34. The molecule has 0 bridgehead atoms. The van der Waals surface area contributed by atoms with Crippen molar-refractivity contribution in [3.63, 3.8) is 0 Å². The Morgan fingerprint density at radius 3 is 2.46 bits per heavy atom. The highest BCUT2D eigenvalue weighted by Crippen LogP contribution is 2.37. The van der Waals surface area contributed by atoms with Crippen LogP contribution in [0.2, 0.25) is 0 Å². The van der Waals surface area contributed by atoms with E-state index in [1.807, 2.05) is 11.4 Å². The van der Waals surface area contributed by atoms with Crippen LogP contribution >= 0.6 is 11.3 Å². The Bertz CT molecular complexity index is 627. The summed E-state index contributed by atoms with van der Waals surface area (Å²) in [6.07, 6.45) is 8.35. The lowest BCUT2D eigenvalue weighted by molar-refractivity contribution is -0.121. The standard InChI is InChI=1S/C18H27NO3S2/c20-17(11-13-24(21,22)15-8-3-4-9-15)19-18(14-6-1-2-7-14)16-10-5-12-23-16/h5,10,12,14-15,18H,1-4,6-9,11,13H2,(H,19,20)/t18-/m1/s1. The first-order valence-electron chi connectivity index (χ1n) is 9.10. The van der Waals surface area contributed by atoms with Crippen LogP contribution in [0, 0.1) is 5.92 Å². The molecule has 1 atom stereocenters. The largest absolute Gasteiger partial charge is 0.348 e. The van der Waals surface area contributed by atoms with E-state index in [0.29, 0.717) is 5.92 Å². The van der Waals surface area contributed by atoms with E-state index in [2.05, 4.69) is 11.4 Å². The molecule has 24 heavy (non-hydrogen) atoms. The van der Waals surface area contributed by atoms with Crippen molar-refractivity contribution in [2.45, 2.75) is 69.1 Å². The summed E-state index contributed by atoms with van der Waals surface area (Å²) in [6, 6.07) is 4.14. The quantitative estimate of drug-likeness (QED) is 0.794. The minimum absolute atomic E-state index is 0.00860. The minimum Gasteiger partial charge on any atom is -0.348 e. The second-order valence-electron chi connectivity index (χ2n) is 7.13. The molecule has 6 heteroatoms. The van der Waals surface area contributed by atoms with Crippen molar-refractivity contribution in [1.82, 2.24) is 5.32 Å². The number of nitrogens with one attached hydrogen (secondary N) is 1. The lowest BCUT2D eigenvalue weighted by Gasteiger charge is -2.24. The molecule has 3 rings (SSSR count). The van der Waals surface area contributed by atoms with Gasteiger partial charge in [0.05, 0.1) is 17.0 Å². The van der Waals surface area contributed by atoms with Gasteiger partial charge in [0.2, 0.25) is 5.91 Å². The summed E-state index contributed by atoms with van der Waals surface area (Å²) < 4.78 is 24.7. The second kappa shape index (κ2) is 8.00. The third-order valence-electron chi connectivity index (χ3n) is 5.46. The number of thiophene rings is 1.